The van der Waals surface area contributed by atoms with E-state index in [9.17, 15) is 9.18 Å². The Morgan fingerprint density at radius 2 is 2.16 bits per heavy atom. The van der Waals surface area contributed by atoms with Crippen LogP contribution in [0, 0.1) is 5.82 Å². The van der Waals surface area contributed by atoms with E-state index in [4.69, 9.17) is 0 Å². The maximum Gasteiger partial charge on any atom is 0.269 e. The van der Waals surface area contributed by atoms with Gasteiger partial charge in [0.05, 0.1) is 24.6 Å². The molecule has 0 atom stereocenters. The largest absolute Gasteiger partial charge is 0.381 e. The van der Waals surface area contributed by atoms with E-state index in [0.717, 1.165) is 24.7 Å². The van der Waals surface area contributed by atoms with Crippen LogP contribution in [0.1, 0.15) is 18.4 Å². The lowest BCUT2D eigenvalue weighted by Gasteiger charge is -2.07. The molecule has 2 aromatic heterocycles. The molecule has 5 nitrogen and oxygen atoms in total. The number of hydrogen-bond donors (Lipinski definition) is 1. The van der Waals surface area contributed by atoms with Gasteiger partial charge >= 0.3 is 0 Å². The molecule has 19 heavy (non-hydrogen) atoms. The Morgan fingerprint density at radius 3 is 2.84 bits per heavy atom. The Balaban J connectivity index is 1.79. The molecule has 1 saturated carbocycles. The molecule has 1 N–H and O–H groups in total. The molecule has 0 aromatic carbocycles. The van der Waals surface area contributed by atoms with Crippen molar-refractivity contribution in [1.82, 2.24) is 14.8 Å². The van der Waals surface area contributed by atoms with Crippen molar-refractivity contribution in [2.75, 3.05) is 5.32 Å². The number of aromatic nitrogens is 3. The number of anilines is 1. The fourth-order valence-electron chi connectivity index (χ4n) is 1.81. The molecule has 0 bridgehead atoms. The summed E-state index contributed by atoms with van der Waals surface area (Å²) in [6.45, 7) is 0.216. The summed E-state index contributed by atoms with van der Waals surface area (Å²) in [6, 6.07) is 3.33. The van der Waals surface area contributed by atoms with E-state index >= 15 is 0 Å². The SMILES string of the molecule is O=c1cc(NC2CC2)cnn1Cc1cncc(F)c1. The molecular weight excluding hydrogens is 247 g/mol. The van der Waals surface area contributed by atoms with E-state index in [1.807, 2.05) is 0 Å². The molecule has 2 aromatic rings. The Hall–Kier alpha value is -2.24. The van der Waals surface area contributed by atoms with Gasteiger partial charge in [0.25, 0.3) is 5.56 Å². The summed E-state index contributed by atoms with van der Waals surface area (Å²) >= 11 is 0. The lowest BCUT2D eigenvalue weighted by atomic mass is 10.3. The van der Waals surface area contributed by atoms with E-state index in [0.29, 0.717) is 11.6 Å². The van der Waals surface area contributed by atoms with Crippen LogP contribution in [0.25, 0.3) is 0 Å². The minimum absolute atomic E-state index is 0.213. The number of nitrogens with one attached hydrogen (secondary N) is 1. The van der Waals surface area contributed by atoms with Gasteiger partial charge in [-0.3, -0.25) is 9.78 Å². The molecule has 1 aliphatic rings. The number of rotatable bonds is 4. The van der Waals surface area contributed by atoms with E-state index in [1.165, 1.54) is 23.0 Å². The molecule has 0 radical (unpaired) electrons. The quantitative estimate of drug-likeness (QED) is 0.902. The van der Waals surface area contributed by atoms with Crippen molar-refractivity contribution >= 4 is 5.69 Å². The van der Waals surface area contributed by atoms with Gasteiger partial charge in [-0.25, -0.2) is 9.07 Å². The van der Waals surface area contributed by atoms with Crippen molar-refractivity contribution in [3.05, 3.63) is 52.5 Å². The number of pyridine rings is 1. The maximum atomic E-state index is 13.0. The number of halogens is 1. The van der Waals surface area contributed by atoms with Crippen LogP contribution in [-0.4, -0.2) is 20.8 Å². The van der Waals surface area contributed by atoms with Crippen molar-refractivity contribution in [1.29, 1.82) is 0 Å². The third kappa shape index (κ3) is 2.96. The molecule has 1 fully saturated rings. The fourth-order valence-corrected chi connectivity index (χ4v) is 1.81. The molecule has 0 unspecified atom stereocenters. The third-order valence-corrected chi connectivity index (χ3v) is 2.91. The van der Waals surface area contributed by atoms with Crippen LogP contribution in [0.4, 0.5) is 10.1 Å². The lowest BCUT2D eigenvalue weighted by Crippen LogP contribution is -2.23. The Labute approximate surface area is 109 Å². The topological polar surface area (TPSA) is 59.8 Å². The maximum absolute atomic E-state index is 13.0. The van der Waals surface area contributed by atoms with Crippen LogP contribution in [0.15, 0.2) is 35.5 Å². The summed E-state index contributed by atoms with van der Waals surface area (Å²) < 4.78 is 14.3. The Kier molecular flexibility index (Phi) is 2.98. The molecule has 0 amide bonds. The highest BCUT2D eigenvalue weighted by Gasteiger charge is 2.21. The predicted octanol–water partition coefficient (Wildman–Crippen LogP) is 1.40. The minimum atomic E-state index is -0.419. The first-order valence-electron chi connectivity index (χ1n) is 6.14. The molecule has 6 heteroatoms. The van der Waals surface area contributed by atoms with E-state index in [1.54, 1.807) is 6.20 Å². The van der Waals surface area contributed by atoms with Gasteiger partial charge in [-0.15, -0.1) is 0 Å². The molecule has 98 valence electrons. The van der Waals surface area contributed by atoms with E-state index < -0.39 is 5.82 Å². The normalized spacial score (nSPS) is 14.4. The zero-order chi connectivity index (χ0) is 13.2. The molecule has 0 spiro atoms. The summed E-state index contributed by atoms with van der Waals surface area (Å²) in [5.41, 5.74) is 1.13. The molecule has 2 heterocycles. The molecular formula is C13H13FN4O. The van der Waals surface area contributed by atoms with Crippen LogP contribution in [0.2, 0.25) is 0 Å². The standard InChI is InChI=1S/C13H13FN4O/c14-10-3-9(5-15-6-10)8-18-13(19)4-12(7-16-18)17-11-1-2-11/h3-7,11,17H,1-2,8H2. The zero-order valence-electron chi connectivity index (χ0n) is 10.2. The molecule has 3 rings (SSSR count). The van der Waals surface area contributed by atoms with E-state index in [2.05, 4.69) is 15.4 Å². The van der Waals surface area contributed by atoms with Gasteiger partial charge in [0, 0.05) is 18.3 Å². The first kappa shape index (κ1) is 11.8. The van der Waals surface area contributed by atoms with Crippen molar-refractivity contribution < 1.29 is 4.39 Å². The second-order valence-corrected chi connectivity index (χ2v) is 4.67. The van der Waals surface area contributed by atoms with Crippen molar-refractivity contribution in [3.8, 4) is 0 Å². The second kappa shape index (κ2) is 4.79. The molecule has 0 saturated heterocycles. The number of nitrogens with zero attached hydrogens (tertiary/aromatic N) is 3. The van der Waals surface area contributed by atoms with Gasteiger partial charge in [-0.05, 0) is 24.5 Å². The summed E-state index contributed by atoms with van der Waals surface area (Å²) in [6.07, 6.45) is 6.54. The monoisotopic (exact) mass is 260 g/mol. The number of hydrogen-bond acceptors (Lipinski definition) is 4. The highest BCUT2D eigenvalue weighted by Crippen LogP contribution is 2.23. The van der Waals surface area contributed by atoms with Crippen LogP contribution >= 0.6 is 0 Å². The van der Waals surface area contributed by atoms with Crippen molar-refractivity contribution in [2.45, 2.75) is 25.4 Å². The van der Waals surface area contributed by atoms with Gasteiger partial charge < -0.3 is 5.32 Å². The first-order chi connectivity index (χ1) is 9.20. The smallest absolute Gasteiger partial charge is 0.269 e. The van der Waals surface area contributed by atoms with Crippen LogP contribution in [-0.2, 0) is 6.54 Å². The van der Waals surface area contributed by atoms with Crippen molar-refractivity contribution in [2.24, 2.45) is 0 Å². The second-order valence-electron chi connectivity index (χ2n) is 4.67. The van der Waals surface area contributed by atoms with Gasteiger partial charge in [0.2, 0.25) is 0 Å². The third-order valence-electron chi connectivity index (χ3n) is 2.91. The van der Waals surface area contributed by atoms with Crippen LogP contribution in [0.5, 0.6) is 0 Å². The van der Waals surface area contributed by atoms with Crippen molar-refractivity contribution in [3.63, 3.8) is 0 Å². The summed E-state index contributed by atoms with van der Waals surface area (Å²) in [5.74, 6) is -0.419. The van der Waals surface area contributed by atoms with E-state index in [-0.39, 0.29) is 12.1 Å². The summed E-state index contributed by atoms with van der Waals surface area (Å²) in [4.78, 5) is 15.6. The average molecular weight is 260 g/mol. The van der Waals surface area contributed by atoms with Crippen LogP contribution in [0.3, 0.4) is 0 Å². The summed E-state index contributed by atoms with van der Waals surface area (Å²) in [7, 11) is 0. The van der Waals surface area contributed by atoms with Crippen LogP contribution < -0.4 is 10.9 Å². The van der Waals surface area contributed by atoms with Gasteiger partial charge in [-0.2, -0.15) is 5.10 Å². The molecule has 1 aliphatic carbocycles. The minimum Gasteiger partial charge on any atom is -0.381 e. The average Bonchev–Trinajstić information content (AvgIpc) is 3.17. The van der Waals surface area contributed by atoms with Gasteiger partial charge in [0.1, 0.15) is 5.82 Å². The highest BCUT2D eigenvalue weighted by molar-refractivity contribution is 5.41. The van der Waals surface area contributed by atoms with Gasteiger partial charge in [-0.1, -0.05) is 0 Å². The summed E-state index contributed by atoms with van der Waals surface area (Å²) in [5, 5.41) is 7.28. The highest BCUT2D eigenvalue weighted by atomic mass is 19.1. The lowest BCUT2D eigenvalue weighted by molar-refractivity contribution is 0.603. The fraction of sp³-hybridized carbons (Fsp3) is 0.308. The first-order valence-corrected chi connectivity index (χ1v) is 6.14. The zero-order valence-corrected chi connectivity index (χ0v) is 10.2. The van der Waals surface area contributed by atoms with Gasteiger partial charge in [0.15, 0.2) is 0 Å². The molecule has 0 aliphatic heterocycles. The predicted molar refractivity (Wildman–Crippen MR) is 68.4 cm³/mol. The Bertz CT molecular complexity index is 651. The Morgan fingerprint density at radius 1 is 1.32 bits per heavy atom.